The minimum atomic E-state index is 0.491. The smallest absolute Gasteiger partial charge is 0.0353 e. The average Bonchev–Trinajstić information content (AvgIpc) is 2.16. The average molecular weight is 179 g/mol. The van der Waals surface area contributed by atoms with Gasteiger partial charge in [-0.15, -0.1) is 12.3 Å². The fourth-order valence-electron chi connectivity index (χ4n) is 2.11. The predicted octanol–water partition coefficient (Wildman–Crippen LogP) is 2.52. The molecule has 1 aliphatic heterocycles. The summed E-state index contributed by atoms with van der Waals surface area (Å²) in [5.74, 6) is 3.41. The minimum absolute atomic E-state index is 0.491. The van der Waals surface area contributed by atoms with Gasteiger partial charge in [0.25, 0.3) is 0 Å². The van der Waals surface area contributed by atoms with Crippen molar-refractivity contribution in [2.75, 3.05) is 13.1 Å². The molecule has 1 heterocycles. The lowest BCUT2D eigenvalue weighted by molar-refractivity contribution is 0.129. The van der Waals surface area contributed by atoms with E-state index < -0.39 is 0 Å². The Morgan fingerprint density at radius 1 is 1.54 bits per heavy atom. The third kappa shape index (κ3) is 2.74. The number of hydrogen-bond donors (Lipinski definition) is 0. The number of unbranched alkanes of at least 4 members (excludes halogenated alkanes) is 1. The molecule has 1 saturated heterocycles. The van der Waals surface area contributed by atoms with Gasteiger partial charge in [0.2, 0.25) is 0 Å². The Bertz CT molecular complexity index is 180. The highest BCUT2D eigenvalue weighted by atomic mass is 15.2. The lowest BCUT2D eigenvalue weighted by atomic mass is 9.91. The summed E-state index contributed by atoms with van der Waals surface area (Å²) in [6.07, 6.45) is 10.6. The Balaban J connectivity index is 2.41. The van der Waals surface area contributed by atoms with Crippen LogP contribution in [-0.2, 0) is 0 Å². The van der Waals surface area contributed by atoms with E-state index in [1.54, 1.807) is 0 Å². The van der Waals surface area contributed by atoms with Crippen LogP contribution in [0.15, 0.2) is 0 Å². The first kappa shape index (κ1) is 10.6. The van der Waals surface area contributed by atoms with E-state index in [9.17, 15) is 0 Å². The van der Waals surface area contributed by atoms with Gasteiger partial charge in [0.05, 0.1) is 0 Å². The normalized spacial score (nSPS) is 29.9. The summed E-state index contributed by atoms with van der Waals surface area (Å²) in [5, 5.41) is 0. The molecule has 0 aliphatic carbocycles. The SMILES string of the molecule is C#CC1CCCN(CCCC)C1C. The summed E-state index contributed by atoms with van der Waals surface area (Å²) in [6, 6.07) is 0.602. The van der Waals surface area contributed by atoms with Crippen LogP contribution < -0.4 is 0 Å². The molecule has 1 rings (SSSR count). The van der Waals surface area contributed by atoms with Crippen LogP contribution in [0.25, 0.3) is 0 Å². The first-order valence-electron chi connectivity index (χ1n) is 5.49. The molecule has 0 radical (unpaired) electrons. The molecule has 0 N–H and O–H groups in total. The van der Waals surface area contributed by atoms with Crippen molar-refractivity contribution in [1.29, 1.82) is 0 Å². The van der Waals surface area contributed by atoms with E-state index in [2.05, 4.69) is 24.7 Å². The van der Waals surface area contributed by atoms with Crippen molar-refractivity contribution in [3.05, 3.63) is 0 Å². The van der Waals surface area contributed by atoms with Crippen molar-refractivity contribution in [2.45, 2.75) is 45.6 Å². The Hall–Kier alpha value is -0.480. The number of nitrogens with zero attached hydrogens (tertiary/aromatic N) is 1. The first-order valence-corrected chi connectivity index (χ1v) is 5.49. The van der Waals surface area contributed by atoms with Gasteiger partial charge in [0.15, 0.2) is 0 Å². The highest BCUT2D eigenvalue weighted by Crippen LogP contribution is 2.22. The monoisotopic (exact) mass is 179 g/mol. The molecular formula is C12H21N. The summed E-state index contributed by atoms with van der Waals surface area (Å²) in [6.45, 7) is 7.00. The van der Waals surface area contributed by atoms with Gasteiger partial charge in [-0.25, -0.2) is 0 Å². The molecule has 0 aromatic rings. The Labute approximate surface area is 82.5 Å². The zero-order chi connectivity index (χ0) is 9.68. The zero-order valence-electron chi connectivity index (χ0n) is 8.92. The van der Waals surface area contributed by atoms with Crippen molar-refractivity contribution in [3.8, 4) is 12.3 Å². The summed E-state index contributed by atoms with van der Waals surface area (Å²) in [4.78, 5) is 2.55. The lowest BCUT2D eigenvalue weighted by Crippen LogP contribution is -2.43. The molecule has 1 nitrogen and oxygen atoms in total. The maximum atomic E-state index is 5.51. The van der Waals surface area contributed by atoms with Crippen molar-refractivity contribution in [3.63, 3.8) is 0 Å². The van der Waals surface area contributed by atoms with Crippen molar-refractivity contribution in [2.24, 2.45) is 5.92 Å². The highest BCUT2D eigenvalue weighted by Gasteiger charge is 2.25. The van der Waals surface area contributed by atoms with Gasteiger partial charge < -0.3 is 0 Å². The Morgan fingerprint density at radius 2 is 2.31 bits per heavy atom. The van der Waals surface area contributed by atoms with Crippen molar-refractivity contribution < 1.29 is 0 Å². The van der Waals surface area contributed by atoms with Gasteiger partial charge in [-0.1, -0.05) is 13.3 Å². The molecule has 0 amide bonds. The second kappa shape index (κ2) is 5.29. The van der Waals surface area contributed by atoms with E-state index >= 15 is 0 Å². The number of piperidine rings is 1. The molecule has 0 saturated carbocycles. The van der Waals surface area contributed by atoms with E-state index in [1.807, 2.05) is 0 Å². The molecule has 2 atom stereocenters. The van der Waals surface area contributed by atoms with Gasteiger partial charge in [-0.05, 0) is 39.3 Å². The molecule has 1 aliphatic rings. The van der Waals surface area contributed by atoms with Crippen LogP contribution in [0.1, 0.15) is 39.5 Å². The third-order valence-corrected chi connectivity index (χ3v) is 3.13. The van der Waals surface area contributed by atoms with Crippen LogP contribution in [-0.4, -0.2) is 24.0 Å². The number of hydrogen-bond acceptors (Lipinski definition) is 1. The number of likely N-dealkylation sites (tertiary alicyclic amines) is 1. The largest absolute Gasteiger partial charge is 0.299 e. The molecule has 0 aromatic heterocycles. The number of terminal acetylenes is 1. The highest BCUT2D eigenvalue weighted by molar-refractivity contribution is 5.00. The summed E-state index contributed by atoms with van der Waals surface area (Å²) in [5.41, 5.74) is 0. The minimum Gasteiger partial charge on any atom is -0.299 e. The van der Waals surface area contributed by atoms with Crippen LogP contribution in [0.4, 0.5) is 0 Å². The van der Waals surface area contributed by atoms with Gasteiger partial charge in [0.1, 0.15) is 0 Å². The van der Waals surface area contributed by atoms with E-state index in [1.165, 1.54) is 38.8 Å². The van der Waals surface area contributed by atoms with Gasteiger partial charge in [-0.2, -0.15) is 0 Å². The maximum Gasteiger partial charge on any atom is 0.0353 e. The van der Waals surface area contributed by atoms with Gasteiger partial charge in [-0.3, -0.25) is 4.90 Å². The van der Waals surface area contributed by atoms with Crippen LogP contribution >= 0.6 is 0 Å². The predicted molar refractivity (Wildman–Crippen MR) is 57.5 cm³/mol. The molecule has 2 unspecified atom stereocenters. The quantitative estimate of drug-likeness (QED) is 0.602. The molecule has 0 spiro atoms. The summed E-state index contributed by atoms with van der Waals surface area (Å²) >= 11 is 0. The molecule has 0 bridgehead atoms. The maximum absolute atomic E-state index is 5.51. The molecule has 74 valence electrons. The molecule has 13 heavy (non-hydrogen) atoms. The van der Waals surface area contributed by atoms with Gasteiger partial charge in [0, 0.05) is 12.0 Å². The van der Waals surface area contributed by atoms with E-state index in [4.69, 9.17) is 6.42 Å². The topological polar surface area (TPSA) is 3.24 Å². The standard InChI is InChI=1S/C12H21N/c1-4-6-9-13-10-7-8-12(5-2)11(13)3/h2,11-12H,4,6-10H2,1,3H3. The van der Waals surface area contributed by atoms with Crippen LogP contribution in [0.3, 0.4) is 0 Å². The second-order valence-electron chi connectivity index (χ2n) is 4.05. The molecular weight excluding hydrogens is 158 g/mol. The summed E-state index contributed by atoms with van der Waals surface area (Å²) < 4.78 is 0. The lowest BCUT2D eigenvalue weighted by Gasteiger charge is -2.37. The number of rotatable bonds is 3. The fraction of sp³-hybridized carbons (Fsp3) is 0.833. The van der Waals surface area contributed by atoms with Crippen molar-refractivity contribution >= 4 is 0 Å². The zero-order valence-corrected chi connectivity index (χ0v) is 8.92. The molecule has 0 aromatic carbocycles. The molecule has 1 heteroatoms. The summed E-state index contributed by atoms with van der Waals surface area (Å²) in [7, 11) is 0. The molecule has 1 fully saturated rings. The second-order valence-corrected chi connectivity index (χ2v) is 4.05. The van der Waals surface area contributed by atoms with E-state index in [-0.39, 0.29) is 0 Å². The Morgan fingerprint density at radius 3 is 2.92 bits per heavy atom. The van der Waals surface area contributed by atoms with E-state index in [0.717, 1.165) is 0 Å². The van der Waals surface area contributed by atoms with Gasteiger partial charge >= 0.3 is 0 Å². The third-order valence-electron chi connectivity index (χ3n) is 3.13. The van der Waals surface area contributed by atoms with E-state index in [0.29, 0.717) is 12.0 Å². The van der Waals surface area contributed by atoms with Crippen molar-refractivity contribution in [1.82, 2.24) is 4.90 Å². The van der Waals surface area contributed by atoms with Crippen LogP contribution in [0, 0.1) is 18.3 Å². The fourth-order valence-corrected chi connectivity index (χ4v) is 2.11. The van der Waals surface area contributed by atoms with Crippen LogP contribution in [0.5, 0.6) is 0 Å². The first-order chi connectivity index (χ1) is 6.29. The van der Waals surface area contributed by atoms with Crippen LogP contribution in [0.2, 0.25) is 0 Å². The Kier molecular flexibility index (Phi) is 4.32.